The third-order valence-electron chi connectivity index (χ3n) is 5.41. The van der Waals surface area contributed by atoms with Crippen molar-refractivity contribution in [2.24, 2.45) is 0 Å². The largest absolute Gasteiger partial charge is 0.352 e. The van der Waals surface area contributed by atoms with Crippen molar-refractivity contribution in [3.8, 4) is 0 Å². The lowest BCUT2D eigenvalue weighted by Crippen LogP contribution is -2.53. The molecule has 166 valence electrons. The first kappa shape index (κ1) is 22.8. The van der Waals surface area contributed by atoms with Gasteiger partial charge in [0.15, 0.2) is 0 Å². The van der Waals surface area contributed by atoms with Crippen LogP contribution >= 0.6 is 0 Å². The molecule has 0 bridgehead atoms. The normalized spacial score (nSPS) is 15.6. The predicted octanol–water partition coefficient (Wildman–Crippen LogP) is 3.04. The minimum absolute atomic E-state index is 0.0143. The average molecular weight is 444 g/mol. The van der Waals surface area contributed by atoms with Gasteiger partial charge < -0.3 is 10.6 Å². The fourth-order valence-corrected chi connectivity index (χ4v) is 4.61. The first-order valence-corrected chi connectivity index (χ1v) is 12.1. The Bertz CT molecular complexity index is 985. The highest BCUT2D eigenvalue weighted by Crippen LogP contribution is 2.18. The molecule has 0 spiro atoms. The lowest BCUT2D eigenvalue weighted by atomic mass is 9.95. The molecule has 0 heterocycles. The maximum Gasteiger partial charge on any atom is 0.329 e. The van der Waals surface area contributed by atoms with Gasteiger partial charge in [-0.2, -0.15) is 0 Å². The van der Waals surface area contributed by atoms with Crippen LogP contribution in [0.1, 0.15) is 43.2 Å². The van der Waals surface area contributed by atoms with Crippen molar-refractivity contribution in [1.29, 1.82) is 0 Å². The Hall–Kier alpha value is -2.87. The van der Waals surface area contributed by atoms with Crippen LogP contribution in [0, 0.1) is 6.92 Å². The monoisotopic (exact) mass is 443 g/mol. The molecule has 1 aliphatic rings. The molecule has 0 aromatic heterocycles. The molecule has 1 aliphatic carbocycles. The highest BCUT2D eigenvalue weighted by molar-refractivity contribution is 7.90. The number of sulfonamides is 1. The van der Waals surface area contributed by atoms with Gasteiger partial charge in [0.2, 0.25) is 5.91 Å². The number of urea groups is 1. The summed E-state index contributed by atoms with van der Waals surface area (Å²) < 4.78 is 27.0. The number of carbonyl (C=O) groups excluding carboxylic acids is 2. The summed E-state index contributed by atoms with van der Waals surface area (Å²) in [7, 11) is -4.04. The van der Waals surface area contributed by atoms with E-state index in [0.29, 0.717) is 0 Å². The molecule has 0 saturated heterocycles. The van der Waals surface area contributed by atoms with Gasteiger partial charge in [-0.1, -0.05) is 67.3 Å². The molecule has 1 unspecified atom stereocenters. The fourth-order valence-electron chi connectivity index (χ4n) is 3.69. The Balaban J connectivity index is 1.69. The number of benzene rings is 2. The van der Waals surface area contributed by atoms with Crippen LogP contribution in [0.15, 0.2) is 59.5 Å². The van der Waals surface area contributed by atoms with E-state index < -0.39 is 22.1 Å². The lowest BCUT2D eigenvalue weighted by Gasteiger charge is -2.26. The summed E-state index contributed by atoms with van der Waals surface area (Å²) in [5, 5.41) is 5.57. The third-order valence-corrected chi connectivity index (χ3v) is 6.76. The van der Waals surface area contributed by atoms with E-state index in [1.54, 1.807) is 12.1 Å². The molecule has 1 fully saturated rings. The summed E-state index contributed by atoms with van der Waals surface area (Å²) in [6.45, 7) is 1.84. The van der Waals surface area contributed by atoms with Gasteiger partial charge >= 0.3 is 6.03 Å². The second-order valence-electron chi connectivity index (χ2n) is 7.98. The summed E-state index contributed by atoms with van der Waals surface area (Å²) >= 11 is 0. The van der Waals surface area contributed by atoms with Gasteiger partial charge in [0, 0.05) is 12.5 Å². The van der Waals surface area contributed by atoms with Crippen molar-refractivity contribution < 1.29 is 18.0 Å². The van der Waals surface area contributed by atoms with Crippen LogP contribution in [-0.2, 0) is 21.2 Å². The maximum atomic E-state index is 12.9. The van der Waals surface area contributed by atoms with Crippen molar-refractivity contribution in [2.75, 3.05) is 0 Å². The summed E-state index contributed by atoms with van der Waals surface area (Å²) in [6.07, 6.45) is 5.39. The summed E-state index contributed by atoms with van der Waals surface area (Å²) in [5.41, 5.74) is 1.78. The average Bonchev–Trinajstić information content (AvgIpc) is 2.74. The van der Waals surface area contributed by atoms with Gasteiger partial charge in [-0.3, -0.25) is 4.79 Å². The van der Waals surface area contributed by atoms with Gasteiger partial charge in [-0.15, -0.1) is 0 Å². The molecular formula is C23H29N3O4S. The third kappa shape index (κ3) is 6.82. The van der Waals surface area contributed by atoms with E-state index in [0.717, 1.165) is 43.2 Å². The van der Waals surface area contributed by atoms with Gasteiger partial charge in [0.05, 0.1) is 4.90 Å². The van der Waals surface area contributed by atoms with Gasteiger partial charge in [-0.05, 0) is 37.5 Å². The van der Waals surface area contributed by atoms with E-state index >= 15 is 0 Å². The lowest BCUT2D eigenvalue weighted by molar-refractivity contribution is -0.123. The Labute approximate surface area is 183 Å². The second-order valence-corrected chi connectivity index (χ2v) is 9.66. The zero-order valence-electron chi connectivity index (χ0n) is 17.6. The van der Waals surface area contributed by atoms with Crippen LogP contribution in [0.3, 0.4) is 0 Å². The molecule has 3 N–H and O–H groups in total. The van der Waals surface area contributed by atoms with Gasteiger partial charge in [-0.25, -0.2) is 17.9 Å². The fraction of sp³-hybridized carbons (Fsp3) is 0.391. The molecule has 3 rings (SSSR count). The molecule has 1 saturated carbocycles. The molecule has 7 nitrogen and oxygen atoms in total. The number of nitrogens with one attached hydrogen (secondary N) is 3. The van der Waals surface area contributed by atoms with Crippen LogP contribution in [0.4, 0.5) is 4.79 Å². The van der Waals surface area contributed by atoms with Gasteiger partial charge in [0.1, 0.15) is 6.04 Å². The number of aryl methyl sites for hydroxylation is 1. The van der Waals surface area contributed by atoms with Crippen molar-refractivity contribution in [1.82, 2.24) is 15.4 Å². The predicted molar refractivity (Wildman–Crippen MR) is 119 cm³/mol. The van der Waals surface area contributed by atoms with E-state index in [2.05, 4.69) is 10.6 Å². The Morgan fingerprint density at radius 2 is 1.61 bits per heavy atom. The molecule has 3 amide bonds. The Morgan fingerprint density at radius 3 is 2.26 bits per heavy atom. The molecule has 2 aromatic rings. The summed E-state index contributed by atoms with van der Waals surface area (Å²) in [4.78, 5) is 25.4. The SMILES string of the molecule is Cc1ccc(S(=O)(=O)NC(=O)NC(Cc2ccccc2)C(=O)NC2CCCCC2)cc1. The van der Waals surface area contributed by atoms with Crippen LogP contribution in [-0.4, -0.2) is 32.4 Å². The number of amides is 3. The number of carbonyl (C=O) groups is 2. The molecule has 0 aliphatic heterocycles. The molecule has 1 atom stereocenters. The van der Waals surface area contributed by atoms with Gasteiger partial charge in [0.25, 0.3) is 10.0 Å². The van der Waals surface area contributed by atoms with E-state index in [1.807, 2.05) is 42.0 Å². The zero-order valence-corrected chi connectivity index (χ0v) is 18.5. The number of hydrogen-bond donors (Lipinski definition) is 3. The molecule has 0 radical (unpaired) electrons. The van der Waals surface area contributed by atoms with Crippen LogP contribution in [0.5, 0.6) is 0 Å². The number of rotatable bonds is 7. The van der Waals surface area contributed by atoms with Crippen molar-refractivity contribution in [3.63, 3.8) is 0 Å². The highest BCUT2D eigenvalue weighted by Gasteiger charge is 2.26. The molecular weight excluding hydrogens is 414 g/mol. The summed E-state index contributed by atoms with van der Waals surface area (Å²) in [5.74, 6) is -0.307. The first-order chi connectivity index (χ1) is 14.8. The Kier molecular flexibility index (Phi) is 7.68. The second kappa shape index (κ2) is 10.4. The maximum absolute atomic E-state index is 12.9. The summed E-state index contributed by atoms with van der Waals surface area (Å²) in [6, 6.07) is 13.7. The Morgan fingerprint density at radius 1 is 0.968 bits per heavy atom. The minimum Gasteiger partial charge on any atom is -0.352 e. The molecule has 31 heavy (non-hydrogen) atoms. The van der Waals surface area contributed by atoms with E-state index in [1.165, 1.54) is 12.1 Å². The number of hydrogen-bond acceptors (Lipinski definition) is 4. The molecule has 8 heteroatoms. The van der Waals surface area contributed by atoms with E-state index in [9.17, 15) is 18.0 Å². The quantitative estimate of drug-likeness (QED) is 0.612. The van der Waals surface area contributed by atoms with E-state index in [-0.39, 0.29) is 23.3 Å². The first-order valence-electron chi connectivity index (χ1n) is 10.6. The van der Waals surface area contributed by atoms with Crippen molar-refractivity contribution in [3.05, 3.63) is 65.7 Å². The minimum atomic E-state index is -4.04. The highest BCUT2D eigenvalue weighted by atomic mass is 32.2. The zero-order chi connectivity index (χ0) is 22.3. The van der Waals surface area contributed by atoms with Crippen LogP contribution < -0.4 is 15.4 Å². The topological polar surface area (TPSA) is 104 Å². The smallest absolute Gasteiger partial charge is 0.329 e. The van der Waals surface area contributed by atoms with E-state index in [4.69, 9.17) is 0 Å². The standard InChI is InChI=1S/C23H29N3O4S/c1-17-12-14-20(15-13-17)31(29,30)26-23(28)25-21(16-18-8-4-2-5-9-18)22(27)24-19-10-6-3-7-11-19/h2,4-5,8-9,12-15,19,21H,3,6-7,10-11,16H2,1H3,(H,24,27)(H2,25,26,28). The van der Waals surface area contributed by atoms with Crippen molar-refractivity contribution in [2.45, 2.75) is 62.4 Å². The van der Waals surface area contributed by atoms with Crippen LogP contribution in [0.25, 0.3) is 0 Å². The van der Waals surface area contributed by atoms with Crippen LogP contribution in [0.2, 0.25) is 0 Å². The molecule has 2 aromatic carbocycles. The van der Waals surface area contributed by atoms with Crippen molar-refractivity contribution >= 4 is 22.0 Å².